The third-order valence-electron chi connectivity index (χ3n) is 3.92. The fourth-order valence-electron chi connectivity index (χ4n) is 2.51. The number of carboxylic acid groups (broad SMARTS) is 1. The summed E-state index contributed by atoms with van der Waals surface area (Å²) in [4.78, 5) is 11.1. The van der Waals surface area contributed by atoms with Crippen molar-refractivity contribution < 1.29 is 9.90 Å². The lowest BCUT2D eigenvalue weighted by Crippen LogP contribution is -2.46. The molecule has 0 aliphatic rings. The number of nitrogens with two attached hydrogens (primary N) is 1. The van der Waals surface area contributed by atoms with Gasteiger partial charge in [-0.25, -0.2) is 0 Å². The maximum Gasteiger partial charge on any atom is 0.323 e. The molecule has 106 valence electrons. The molecule has 1 aromatic carbocycles. The average Bonchev–Trinajstić information content (AvgIpc) is 2.32. The van der Waals surface area contributed by atoms with Crippen LogP contribution in [0.25, 0.3) is 0 Å². The Kier molecular flexibility index (Phi) is 5.12. The minimum absolute atomic E-state index is 0.297. The van der Waals surface area contributed by atoms with Crippen LogP contribution in [0.5, 0.6) is 0 Å². The highest BCUT2D eigenvalue weighted by atomic mass is 16.4. The molecule has 3 nitrogen and oxygen atoms in total. The van der Waals surface area contributed by atoms with E-state index in [1.807, 2.05) is 0 Å². The van der Waals surface area contributed by atoms with E-state index in [0.29, 0.717) is 12.3 Å². The van der Waals surface area contributed by atoms with Crippen LogP contribution in [-0.4, -0.2) is 16.6 Å². The van der Waals surface area contributed by atoms with Gasteiger partial charge < -0.3 is 10.8 Å². The first kappa shape index (κ1) is 15.7. The third-order valence-corrected chi connectivity index (χ3v) is 3.92. The summed E-state index contributed by atoms with van der Waals surface area (Å²) in [5, 5.41) is 9.14. The number of carbonyl (C=O) groups is 1. The van der Waals surface area contributed by atoms with Crippen molar-refractivity contribution in [2.75, 3.05) is 0 Å². The molecular formula is C16H25NO2. The largest absolute Gasteiger partial charge is 0.480 e. The normalized spacial score (nSPS) is 15.8. The predicted molar refractivity (Wildman–Crippen MR) is 78.2 cm³/mol. The van der Waals surface area contributed by atoms with Gasteiger partial charge in [-0.1, -0.05) is 31.5 Å². The van der Waals surface area contributed by atoms with E-state index in [1.54, 1.807) is 6.92 Å². The second-order valence-electron chi connectivity index (χ2n) is 5.78. The molecule has 0 heterocycles. The van der Waals surface area contributed by atoms with E-state index in [1.165, 1.54) is 16.7 Å². The first-order chi connectivity index (χ1) is 8.77. The molecule has 0 fully saturated rings. The molecule has 0 amide bonds. The number of aryl methyl sites for hydroxylation is 2. The van der Waals surface area contributed by atoms with Crippen molar-refractivity contribution in [3.8, 4) is 0 Å². The van der Waals surface area contributed by atoms with Crippen LogP contribution in [0, 0.1) is 19.8 Å². The molecule has 1 rings (SSSR count). The summed E-state index contributed by atoms with van der Waals surface area (Å²) >= 11 is 0. The molecule has 0 aliphatic carbocycles. The fraction of sp³-hybridized carbons (Fsp3) is 0.562. The van der Waals surface area contributed by atoms with E-state index in [0.717, 1.165) is 12.8 Å². The number of benzene rings is 1. The Morgan fingerprint density at radius 2 is 1.89 bits per heavy atom. The fourth-order valence-corrected chi connectivity index (χ4v) is 2.51. The molecule has 3 heteroatoms. The third kappa shape index (κ3) is 4.06. The van der Waals surface area contributed by atoms with Gasteiger partial charge in [0.25, 0.3) is 0 Å². The summed E-state index contributed by atoms with van der Waals surface area (Å²) in [5.74, 6) is -0.627. The van der Waals surface area contributed by atoms with Crippen molar-refractivity contribution >= 4 is 5.97 Å². The summed E-state index contributed by atoms with van der Waals surface area (Å²) in [5.41, 5.74) is 8.60. The Balaban J connectivity index is 2.86. The van der Waals surface area contributed by atoms with Crippen molar-refractivity contribution in [1.82, 2.24) is 0 Å². The quantitative estimate of drug-likeness (QED) is 0.829. The Labute approximate surface area is 115 Å². The second-order valence-corrected chi connectivity index (χ2v) is 5.78. The van der Waals surface area contributed by atoms with Crippen LogP contribution in [0.2, 0.25) is 0 Å². The van der Waals surface area contributed by atoms with E-state index >= 15 is 0 Å². The van der Waals surface area contributed by atoms with Gasteiger partial charge in [-0.15, -0.1) is 0 Å². The summed E-state index contributed by atoms with van der Waals surface area (Å²) < 4.78 is 0. The predicted octanol–water partition coefficient (Wildman–Crippen LogP) is 3.06. The van der Waals surface area contributed by atoms with Crippen LogP contribution in [0.4, 0.5) is 0 Å². The van der Waals surface area contributed by atoms with Crippen LogP contribution in [0.1, 0.15) is 43.4 Å². The molecule has 0 bridgehead atoms. The van der Waals surface area contributed by atoms with Gasteiger partial charge in [-0.2, -0.15) is 0 Å². The van der Waals surface area contributed by atoms with Gasteiger partial charge in [0, 0.05) is 0 Å². The van der Waals surface area contributed by atoms with Gasteiger partial charge in [-0.05, 0) is 56.2 Å². The van der Waals surface area contributed by atoms with Gasteiger partial charge in [0.1, 0.15) is 5.54 Å². The SMILES string of the molecule is CCC(Cc1c(C)cccc1C)CC(C)(N)C(=O)O. The van der Waals surface area contributed by atoms with Crippen LogP contribution in [0.3, 0.4) is 0 Å². The summed E-state index contributed by atoms with van der Waals surface area (Å²) in [7, 11) is 0. The maximum absolute atomic E-state index is 11.1. The standard InChI is InChI=1S/C16H25NO2/c1-5-13(10-16(4,17)15(18)19)9-14-11(2)7-6-8-12(14)3/h6-8,13H,5,9-10,17H2,1-4H3,(H,18,19). The van der Waals surface area contributed by atoms with E-state index in [2.05, 4.69) is 39.0 Å². The Morgan fingerprint density at radius 3 is 2.32 bits per heavy atom. The minimum atomic E-state index is -1.14. The lowest BCUT2D eigenvalue weighted by atomic mass is 9.82. The van der Waals surface area contributed by atoms with Crippen LogP contribution in [0.15, 0.2) is 18.2 Å². The van der Waals surface area contributed by atoms with Gasteiger partial charge in [0.05, 0.1) is 0 Å². The first-order valence-corrected chi connectivity index (χ1v) is 6.85. The molecule has 2 atom stereocenters. The minimum Gasteiger partial charge on any atom is -0.480 e. The summed E-state index contributed by atoms with van der Waals surface area (Å²) in [6.07, 6.45) is 2.34. The zero-order chi connectivity index (χ0) is 14.6. The molecule has 1 aromatic rings. The highest BCUT2D eigenvalue weighted by Gasteiger charge is 2.31. The average molecular weight is 263 g/mol. The van der Waals surface area contributed by atoms with Gasteiger partial charge in [-0.3, -0.25) is 4.79 Å². The molecule has 0 spiro atoms. The van der Waals surface area contributed by atoms with Crippen molar-refractivity contribution in [3.05, 3.63) is 34.9 Å². The molecule has 0 aromatic heterocycles. The van der Waals surface area contributed by atoms with Crippen molar-refractivity contribution in [1.29, 1.82) is 0 Å². The lowest BCUT2D eigenvalue weighted by Gasteiger charge is -2.26. The van der Waals surface area contributed by atoms with Crippen LogP contribution in [-0.2, 0) is 11.2 Å². The Hall–Kier alpha value is -1.35. The smallest absolute Gasteiger partial charge is 0.323 e. The first-order valence-electron chi connectivity index (χ1n) is 6.85. The Morgan fingerprint density at radius 1 is 1.37 bits per heavy atom. The Bertz CT molecular complexity index is 432. The van der Waals surface area contributed by atoms with Crippen molar-refractivity contribution in [2.45, 2.75) is 52.5 Å². The second kappa shape index (κ2) is 6.20. The van der Waals surface area contributed by atoms with Gasteiger partial charge in [0.15, 0.2) is 0 Å². The summed E-state index contributed by atoms with van der Waals surface area (Å²) in [6.45, 7) is 7.90. The number of hydrogen-bond donors (Lipinski definition) is 2. The lowest BCUT2D eigenvalue weighted by molar-refractivity contribution is -0.143. The van der Waals surface area contributed by atoms with Crippen molar-refractivity contribution in [3.63, 3.8) is 0 Å². The highest BCUT2D eigenvalue weighted by Crippen LogP contribution is 2.25. The molecule has 0 saturated heterocycles. The van der Waals surface area contributed by atoms with Crippen LogP contribution < -0.4 is 5.73 Å². The van der Waals surface area contributed by atoms with E-state index in [9.17, 15) is 4.79 Å². The maximum atomic E-state index is 11.1. The summed E-state index contributed by atoms with van der Waals surface area (Å²) in [6, 6.07) is 6.27. The highest BCUT2D eigenvalue weighted by molar-refractivity contribution is 5.77. The molecule has 19 heavy (non-hydrogen) atoms. The topological polar surface area (TPSA) is 63.3 Å². The zero-order valence-electron chi connectivity index (χ0n) is 12.4. The van der Waals surface area contributed by atoms with Crippen LogP contribution >= 0.6 is 0 Å². The molecule has 2 unspecified atom stereocenters. The van der Waals surface area contributed by atoms with E-state index < -0.39 is 11.5 Å². The zero-order valence-corrected chi connectivity index (χ0v) is 12.4. The molecular weight excluding hydrogens is 238 g/mol. The van der Waals surface area contributed by atoms with Crippen molar-refractivity contribution in [2.24, 2.45) is 11.7 Å². The molecule has 0 aliphatic heterocycles. The number of aliphatic carboxylic acids is 1. The molecule has 3 N–H and O–H groups in total. The van der Waals surface area contributed by atoms with E-state index in [4.69, 9.17) is 10.8 Å². The number of hydrogen-bond acceptors (Lipinski definition) is 2. The molecule has 0 radical (unpaired) electrons. The number of rotatable bonds is 6. The monoisotopic (exact) mass is 263 g/mol. The number of carboxylic acids is 1. The molecule has 0 saturated carbocycles. The van der Waals surface area contributed by atoms with Gasteiger partial charge >= 0.3 is 5.97 Å². The van der Waals surface area contributed by atoms with E-state index in [-0.39, 0.29) is 0 Å². The van der Waals surface area contributed by atoms with Gasteiger partial charge in [0.2, 0.25) is 0 Å².